The van der Waals surface area contributed by atoms with Crippen molar-refractivity contribution in [2.45, 2.75) is 19.8 Å². The lowest BCUT2D eigenvalue weighted by molar-refractivity contribution is 0.141. The van der Waals surface area contributed by atoms with Crippen LogP contribution in [-0.2, 0) is 4.74 Å². The second-order valence-electron chi connectivity index (χ2n) is 4.48. The number of nitrogen functional groups attached to an aromatic ring is 1. The first-order valence-electron chi connectivity index (χ1n) is 6.82. The molecule has 5 nitrogen and oxygen atoms in total. The van der Waals surface area contributed by atoms with Crippen molar-refractivity contribution in [3.8, 4) is 11.5 Å². The fourth-order valence-electron chi connectivity index (χ4n) is 1.86. The normalized spacial score (nSPS) is 13.3. The number of nitrogens with two attached hydrogens (primary N) is 1. The van der Waals surface area contributed by atoms with Crippen molar-refractivity contribution < 1.29 is 14.2 Å². The summed E-state index contributed by atoms with van der Waals surface area (Å²) >= 11 is 0. The molecular weight excluding hydrogens is 244 g/mol. The molecule has 0 bridgehead atoms. The number of hydrogen-bond donors (Lipinski definition) is 2. The number of ether oxygens (including phenoxy) is 3. The van der Waals surface area contributed by atoms with E-state index < -0.39 is 0 Å². The summed E-state index contributed by atoms with van der Waals surface area (Å²) in [5, 5.41) is 3.25. The molecule has 1 aromatic rings. The maximum absolute atomic E-state index is 5.97. The molecule has 1 heterocycles. The number of nitrogens with one attached hydrogen (secondary N) is 1. The molecule has 3 N–H and O–H groups in total. The lowest BCUT2D eigenvalue weighted by Gasteiger charge is -2.20. The highest BCUT2D eigenvalue weighted by Gasteiger charge is 2.14. The van der Waals surface area contributed by atoms with E-state index in [1.54, 1.807) is 6.07 Å². The van der Waals surface area contributed by atoms with Crippen molar-refractivity contribution in [2.24, 2.45) is 0 Å². The maximum Gasteiger partial charge on any atom is 0.163 e. The Bertz CT molecular complexity index is 410. The molecule has 0 unspecified atom stereocenters. The number of unbranched alkanes of at least 4 members (excludes halogenated alkanes) is 1. The first kappa shape index (κ1) is 13.8. The minimum Gasteiger partial charge on any atom is -0.486 e. The molecule has 0 spiro atoms. The average Bonchev–Trinajstić information content (AvgIpc) is 2.43. The Kier molecular flexibility index (Phi) is 5.15. The monoisotopic (exact) mass is 266 g/mol. The largest absolute Gasteiger partial charge is 0.486 e. The van der Waals surface area contributed by atoms with E-state index in [2.05, 4.69) is 12.2 Å². The van der Waals surface area contributed by atoms with Gasteiger partial charge in [-0.15, -0.1) is 0 Å². The molecule has 0 saturated carbocycles. The van der Waals surface area contributed by atoms with Gasteiger partial charge in [-0.3, -0.25) is 0 Å². The fourth-order valence-corrected chi connectivity index (χ4v) is 1.86. The van der Waals surface area contributed by atoms with Crippen LogP contribution in [0.3, 0.4) is 0 Å². The van der Waals surface area contributed by atoms with E-state index in [9.17, 15) is 0 Å². The van der Waals surface area contributed by atoms with Gasteiger partial charge in [0.15, 0.2) is 11.5 Å². The predicted molar refractivity (Wildman–Crippen MR) is 76.1 cm³/mol. The van der Waals surface area contributed by atoms with E-state index in [1.807, 2.05) is 6.07 Å². The van der Waals surface area contributed by atoms with Crippen molar-refractivity contribution in [1.82, 2.24) is 0 Å². The molecule has 5 heteroatoms. The highest BCUT2D eigenvalue weighted by Crippen LogP contribution is 2.36. The van der Waals surface area contributed by atoms with E-state index >= 15 is 0 Å². The topological polar surface area (TPSA) is 65.7 Å². The summed E-state index contributed by atoms with van der Waals surface area (Å²) in [7, 11) is 0. The third-order valence-corrected chi connectivity index (χ3v) is 2.92. The molecule has 0 aliphatic carbocycles. The van der Waals surface area contributed by atoms with Gasteiger partial charge in [-0.1, -0.05) is 13.3 Å². The maximum atomic E-state index is 5.97. The van der Waals surface area contributed by atoms with Crippen molar-refractivity contribution >= 4 is 11.4 Å². The Hall–Kier alpha value is -1.62. The molecule has 1 aliphatic rings. The highest BCUT2D eigenvalue weighted by molar-refractivity contribution is 5.72. The van der Waals surface area contributed by atoms with Gasteiger partial charge < -0.3 is 25.3 Å². The molecule has 0 fully saturated rings. The van der Waals surface area contributed by atoms with Gasteiger partial charge in [0.1, 0.15) is 13.2 Å². The molecule has 2 rings (SSSR count). The van der Waals surface area contributed by atoms with E-state index in [0.717, 1.165) is 37.4 Å². The molecular formula is C14H22N2O3. The van der Waals surface area contributed by atoms with Gasteiger partial charge in [0.25, 0.3) is 0 Å². The van der Waals surface area contributed by atoms with Crippen molar-refractivity contribution in [3.05, 3.63) is 12.1 Å². The number of hydrogen-bond acceptors (Lipinski definition) is 5. The van der Waals surface area contributed by atoms with Gasteiger partial charge in [0.2, 0.25) is 0 Å². The molecule has 1 aromatic carbocycles. The Morgan fingerprint density at radius 3 is 2.68 bits per heavy atom. The first-order chi connectivity index (χ1) is 9.31. The third-order valence-electron chi connectivity index (χ3n) is 2.92. The van der Waals surface area contributed by atoms with Crippen molar-refractivity contribution in [3.63, 3.8) is 0 Å². The summed E-state index contributed by atoms with van der Waals surface area (Å²) in [5.41, 5.74) is 7.50. The van der Waals surface area contributed by atoms with Crippen LogP contribution in [0.2, 0.25) is 0 Å². The Morgan fingerprint density at radius 2 is 1.95 bits per heavy atom. The minimum atomic E-state index is 0.574. The predicted octanol–water partition coefficient (Wildman–Crippen LogP) is 2.27. The van der Waals surface area contributed by atoms with E-state index in [-0.39, 0.29) is 0 Å². The summed E-state index contributed by atoms with van der Waals surface area (Å²) in [6, 6.07) is 3.69. The first-order valence-corrected chi connectivity index (χ1v) is 6.82. The van der Waals surface area contributed by atoms with Crippen LogP contribution < -0.4 is 20.5 Å². The standard InChI is InChI=1S/C14H22N2O3/c1-2-3-5-17-6-4-16-12-10-14-13(9-11(12)15)18-7-8-19-14/h9-10,16H,2-8,15H2,1H3. The molecule has 106 valence electrons. The molecule has 19 heavy (non-hydrogen) atoms. The second kappa shape index (κ2) is 7.09. The summed E-state index contributed by atoms with van der Waals surface area (Å²) < 4.78 is 16.5. The summed E-state index contributed by atoms with van der Waals surface area (Å²) in [6.07, 6.45) is 2.26. The van der Waals surface area contributed by atoms with Crippen molar-refractivity contribution in [1.29, 1.82) is 0 Å². The molecule has 0 radical (unpaired) electrons. The average molecular weight is 266 g/mol. The minimum absolute atomic E-state index is 0.574. The highest BCUT2D eigenvalue weighted by atomic mass is 16.6. The zero-order valence-corrected chi connectivity index (χ0v) is 11.4. The molecule has 0 saturated heterocycles. The summed E-state index contributed by atoms with van der Waals surface area (Å²) in [5.74, 6) is 1.46. The van der Waals surface area contributed by atoms with Crippen LogP contribution in [-0.4, -0.2) is 33.0 Å². The third kappa shape index (κ3) is 3.92. The van der Waals surface area contributed by atoms with Gasteiger partial charge in [-0.2, -0.15) is 0 Å². The SMILES string of the molecule is CCCCOCCNc1cc2c(cc1N)OCCO2. The van der Waals surface area contributed by atoms with E-state index in [0.29, 0.717) is 31.3 Å². The van der Waals surface area contributed by atoms with E-state index in [1.165, 1.54) is 0 Å². The van der Waals surface area contributed by atoms with Gasteiger partial charge >= 0.3 is 0 Å². The zero-order chi connectivity index (χ0) is 13.5. The number of rotatable bonds is 7. The van der Waals surface area contributed by atoms with Crippen LogP contribution in [0.25, 0.3) is 0 Å². The van der Waals surface area contributed by atoms with Gasteiger partial charge in [0, 0.05) is 25.3 Å². The Balaban J connectivity index is 1.83. The van der Waals surface area contributed by atoms with Crippen LogP contribution in [0.5, 0.6) is 11.5 Å². The Labute approximate surface area is 114 Å². The zero-order valence-electron chi connectivity index (χ0n) is 11.4. The second-order valence-corrected chi connectivity index (χ2v) is 4.48. The van der Waals surface area contributed by atoms with Crippen LogP contribution in [0.15, 0.2) is 12.1 Å². The lowest BCUT2D eigenvalue weighted by atomic mass is 10.2. The smallest absolute Gasteiger partial charge is 0.163 e. The molecule has 0 aromatic heterocycles. The van der Waals surface area contributed by atoms with Crippen LogP contribution in [0.1, 0.15) is 19.8 Å². The Morgan fingerprint density at radius 1 is 1.21 bits per heavy atom. The fraction of sp³-hybridized carbons (Fsp3) is 0.571. The van der Waals surface area contributed by atoms with E-state index in [4.69, 9.17) is 19.9 Å². The molecule has 0 atom stereocenters. The number of anilines is 2. The quantitative estimate of drug-likeness (QED) is 0.585. The van der Waals surface area contributed by atoms with Gasteiger partial charge in [0.05, 0.1) is 18.0 Å². The molecule has 1 aliphatic heterocycles. The number of benzene rings is 1. The number of fused-ring (bicyclic) bond motifs is 1. The van der Waals surface area contributed by atoms with Crippen LogP contribution in [0.4, 0.5) is 11.4 Å². The summed E-state index contributed by atoms with van der Waals surface area (Å²) in [6.45, 7) is 5.52. The lowest BCUT2D eigenvalue weighted by Crippen LogP contribution is -2.16. The van der Waals surface area contributed by atoms with Crippen molar-refractivity contribution in [2.75, 3.05) is 44.0 Å². The van der Waals surface area contributed by atoms with Gasteiger partial charge in [-0.25, -0.2) is 0 Å². The van der Waals surface area contributed by atoms with Crippen LogP contribution in [0, 0.1) is 0 Å². The van der Waals surface area contributed by atoms with Crippen LogP contribution >= 0.6 is 0 Å². The van der Waals surface area contributed by atoms with Gasteiger partial charge in [-0.05, 0) is 6.42 Å². The molecule has 0 amide bonds. The summed E-state index contributed by atoms with van der Waals surface area (Å²) in [4.78, 5) is 0.